The van der Waals surface area contributed by atoms with E-state index < -0.39 is 24.5 Å². The lowest BCUT2D eigenvalue weighted by molar-refractivity contribution is -0.148. The highest BCUT2D eigenvalue weighted by atomic mass is 16.5. The van der Waals surface area contributed by atoms with Crippen LogP contribution in [0.3, 0.4) is 0 Å². The fraction of sp³-hybridized carbons (Fsp3) is 0.500. The third-order valence-corrected chi connectivity index (χ3v) is 3.48. The Morgan fingerprint density at radius 1 is 1.12 bits per heavy atom. The maximum absolute atomic E-state index is 11.9. The molecule has 1 aromatic rings. The number of benzene rings is 1. The highest BCUT2D eigenvalue weighted by Crippen LogP contribution is 2.27. The molecule has 0 saturated heterocycles. The predicted octanol–water partition coefficient (Wildman–Crippen LogP) is 0.820. The van der Waals surface area contributed by atoms with Gasteiger partial charge >= 0.3 is 5.97 Å². The van der Waals surface area contributed by atoms with Gasteiger partial charge in [0.25, 0.3) is 5.91 Å². The van der Waals surface area contributed by atoms with Gasteiger partial charge in [0.2, 0.25) is 5.91 Å². The SMILES string of the molecule is CCCNC(=O)[C@H](C)NC(=O)COC(=O)Cc1ccc(OC)c(OC)c1. The second kappa shape index (κ2) is 11.0. The van der Waals surface area contributed by atoms with Crippen molar-refractivity contribution in [2.24, 2.45) is 0 Å². The van der Waals surface area contributed by atoms with Crippen molar-refractivity contribution in [3.8, 4) is 11.5 Å². The van der Waals surface area contributed by atoms with Crippen molar-refractivity contribution >= 4 is 17.8 Å². The van der Waals surface area contributed by atoms with Gasteiger partial charge in [0.05, 0.1) is 20.6 Å². The number of methoxy groups -OCH3 is 2. The van der Waals surface area contributed by atoms with Gasteiger partial charge in [0.15, 0.2) is 18.1 Å². The molecule has 0 aromatic heterocycles. The topological polar surface area (TPSA) is 103 Å². The van der Waals surface area contributed by atoms with Gasteiger partial charge in [-0.2, -0.15) is 0 Å². The summed E-state index contributed by atoms with van der Waals surface area (Å²) in [6, 6.07) is 4.37. The van der Waals surface area contributed by atoms with Gasteiger partial charge in [0.1, 0.15) is 6.04 Å². The van der Waals surface area contributed by atoms with E-state index >= 15 is 0 Å². The van der Waals surface area contributed by atoms with Gasteiger partial charge in [0, 0.05) is 6.54 Å². The van der Waals surface area contributed by atoms with E-state index in [-0.39, 0.29) is 12.3 Å². The Balaban J connectivity index is 2.44. The van der Waals surface area contributed by atoms with Crippen LogP contribution in [0.4, 0.5) is 0 Å². The minimum atomic E-state index is -0.696. The van der Waals surface area contributed by atoms with Gasteiger partial charge < -0.3 is 24.8 Å². The fourth-order valence-corrected chi connectivity index (χ4v) is 2.10. The fourth-order valence-electron chi connectivity index (χ4n) is 2.10. The highest BCUT2D eigenvalue weighted by molar-refractivity contribution is 5.88. The summed E-state index contributed by atoms with van der Waals surface area (Å²) >= 11 is 0. The van der Waals surface area contributed by atoms with Gasteiger partial charge in [-0.3, -0.25) is 14.4 Å². The van der Waals surface area contributed by atoms with Crippen LogP contribution in [0.2, 0.25) is 0 Å². The first-order valence-corrected chi connectivity index (χ1v) is 8.34. The molecule has 0 spiro atoms. The van der Waals surface area contributed by atoms with E-state index in [0.29, 0.717) is 23.6 Å². The zero-order valence-corrected chi connectivity index (χ0v) is 15.6. The van der Waals surface area contributed by atoms with E-state index in [2.05, 4.69) is 10.6 Å². The third kappa shape index (κ3) is 7.00. The van der Waals surface area contributed by atoms with E-state index in [1.54, 1.807) is 25.1 Å². The molecule has 0 bridgehead atoms. The summed E-state index contributed by atoms with van der Waals surface area (Å²) in [5, 5.41) is 5.15. The molecule has 26 heavy (non-hydrogen) atoms. The number of carbonyl (C=O) groups excluding carboxylic acids is 3. The van der Waals surface area contributed by atoms with Crippen molar-refractivity contribution in [3.05, 3.63) is 23.8 Å². The van der Waals surface area contributed by atoms with Crippen LogP contribution in [0.1, 0.15) is 25.8 Å². The maximum atomic E-state index is 11.9. The highest BCUT2D eigenvalue weighted by Gasteiger charge is 2.16. The van der Waals surface area contributed by atoms with Crippen LogP contribution in [0.15, 0.2) is 18.2 Å². The van der Waals surface area contributed by atoms with E-state index in [4.69, 9.17) is 14.2 Å². The van der Waals surface area contributed by atoms with Crippen molar-refractivity contribution in [2.45, 2.75) is 32.7 Å². The molecule has 2 N–H and O–H groups in total. The summed E-state index contributed by atoms with van der Waals surface area (Å²) in [5.41, 5.74) is 0.667. The summed E-state index contributed by atoms with van der Waals surface area (Å²) in [5.74, 6) is -0.320. The van der Waals surface area contributed by atoms with Crippen LogP contribution in [0.5, 0.6) is 11.5 Å². The van der Waals surface area contributed by atoms with Crippen LogP contribution < -0.4 is 20.1 Å². The van der Waals surface area contributed by atoms with Crippen LogP contribution in [0, 0.1) is 0 Å². The summed E-state index contributed by atoms with van der Waals surface area (Å²) < 4.78 is 15.2. The Hall–Kier alpha value is -2.77. The summed E-state index contributed by atoms with van der Waals surface area (Å²) in [7, 11) is 3.02. The van der Waals surface area contributed by atoms with Crippen molar-refractivity contribution in [1.82, 2.24) is 10.6 Å². The van der Waals surface area contributed by atoms with Gasteiger partial charge in [-0.15, -0.1) is 0 Å². The van der Waals surface area contributed by atoms with Crippen LogP contribution in [-0.4, -0.2) is 51.2 Å². The number of amides is 2. The minimum Gasteiger partial charge on any atom is -0.493 e. The number of nitrogens with one attached hydrogen (secondary N) is 2. The molecule has 8 nitrogen and oxygen atoms in total. The number of rotatable bonds is 10. The lowest BCUT2D eigenvalue weighted by Crippen LogP contribution is -2.46. The third-order valence-electron chi connectivity index (χ3n) is 3.48. The summed E-state index contributed by atoms with van der Waals surface area (Å²) in [6.45, 7) is 3.59. The van der Waals surface area contributed by atoms with E-state index in [9.17, 15) is 14.4 Å². The molecule has 0 radical (unpaired) electrons. The lowest BCUT2D eigenvalue weighted by atomic mass is 10.1. The van der Waals surface area contributed by atoms with Gasteiger partial charge in [-0.1, -0.05) is 13.0 Å². The molecule has 144 valence electrons. The van der Waals surface area contributed by atoms with E-state index in [0.717, 1.165) is 6.42 Å². The Morgan fingerprint density at radius 2 is 1.81 bits per heavy atom. The molecule has 0 saturated carbocycles. The standard InChI is InChI=1S/C18H26N2O6/c1-5-8-19-18(23)12(2)20-16(21)11-26-17(22)10-13-6-7-14(24-3)15(9-13)25-4/h6-7,9,12H,5,8,10-11H2,1-4H3,(H,19,23)(H,20,21)/t12-/m0/s1. The van der Waals surface area contributed by atoms with E-state index in [1.165, 1.54) is 14.2 Å². The zero-order valence-electron chi connectivity index (χ0n) is 15.6. The predicted molar refractivity (Wildman–Crippen MR) is 95.1 cm³/mol. The normalized spacial score (nSPS) is 11.2. The average molecular weight is 366 g/mol. The van der Waals surface area contributed by atoms with Crippen molar-refractivity contribution in [2.75, 3.05) is 27.4 Å². The largest absolute Gasteiger partial charge is 0.493 e. The Morgan fingerprint density at radius 3 is 2.42 bits per heavy atom. The van der Waals surface area contributed by atoms with E-state index in [1.807, 2.05) is 6.92 Å². The molecular weight excluding hydrogens is 340 g/mol. The second-order valence-corrected chi connectivity index (χ2v) is 5.61. The Bertz CT molecular complexity index is 632. The van der Waals surface area contributed by atoms with Crippen LogP contribution in [-0.2, 0) is 25.5 Å². The summed E-state index contributed by atoms with van der Waals surface area (Å²) in [6.07, 6.45) is 0.792. The smallest absolute Gasteiger partial charge is 0.310 e. The molecule has 2 amide bonds. The minimum absolute atomic E-state index is 0.0137. The number of hydrogen-bond acceptors (Lipinski definition) is 6. The molecule has 0 aliphatic heterocycles. The first-order chi connectivity index (χ1) is 12.4. The van der Waals surface area contributed by atoms with Gasteiger partial charge in [-0.05, 0) is 31.0 Å². The molecule has 0 aliphatic carbocycles. The Kier molecular flexibility index (Phi) is 8.97. The van der Waals surface area contributed by atoms with Gasteiger partial charge in [-0.25, -0.2) is 0 Å². The molecule has 0 fully saturated rings. The number of hydrogen-bond donors (Lipinski definition) is 2. The summed E-state index contributed by atoms with van der Waals surface area (Å²) in [4.78, 5) is 35.3. The molecular formula is C18H26N2O6. The monoisotopic (exact) mass is 366 g/mol. The number of carbonyl (C=O) groups is 3. The molecule has 0 unspecified atom stereocenters. The molecule has 0 heterocycles. The first-order valence-electron chi connectivity index (χ1n) is 8.34. The van der Waals surface area contributed by atoms with Crippen LogP contribution >= 0.6 is 0 Å². The molecule has 1 rings (SSSR count). The lowest BCUT2D eigenvalue weighted by Gasteiger charge is -2.14. The Labute approximate surface area is 153 Å². The van der Waals surface area contributed by atoms with Crippen molar-refractivity contribution in [1.29, 1.82) is 0 Å². The molecule has 1 aromatic carbocycles. The molecule has 1 atom stereocenters. The average Bonchev–Trinajstić information content (AvgIpc) is 2.64. The number of esters is 1. The molecule has 0 aliphatic rings. The zero-order chi connectivity index (χ0) is 19.5. The molecule has 8 heteroatoms. The first kappa shape index (κ1) is 21.3. The van der Waals surface area contributed by atoms with Crippen molar-refractivity contribution < 1.29 is 28.6 Å². The van der Waals surface area contributed by atoms with Crippen LogP contribution in [0.25, 0.3) is 0 Å². The van der Waals surface area contributed by atoms with Crippen molar-refractivity contribution in [3.63, 3.8) is 0 Å². The quantitative estimate of drug-likeness (QED) is 0.594. The number of ether oxygens (including phenoxy) is 3. The second-order valence-electron chi connectivity index (χ2n) is 5.61. The maximum Gasteiger partial charge on any atom is 0.310 e.